The third-order valence-corrected chi connectivity index (χ3v) is 5.60. The zero-order valence-corrected chi connectivity index (χ0v) is 18.7. The van der Waals surface area contributed by atoms with Gasteiger partial charge in [-0.15, -0.1) is 10.2 Å². The molecule has 0 aliphatic rings. The van der Waals surface area contributed by atoms with E-state index in [9.17, 15) is 4.79 Å². The van der Waals surface area contributed by atoms with Gasteiger partial charge in [-0.2, -0.15) is 4.98 Å². The minimum absolute atomic E-state index is 0.118. The molecule has 32 heavy (non-hydrogen) atoms. The van der Waals surface area contributed by atoms with Crippen LogP contribution in [0.3, 0.4) is 0 Å². The van der Waals surface area contributed by atoms with E-state index in [1.54, 1.807) is 7.11 Å². The standard InChI is InChI=1S/C22H22N6O3S/c1-4-28-20(21-24-19(27-31-21)15-8-10-17(30-3)11-9-15)25-26-22(28)32-13-18(29)23-16-7-5-6-14(2)12-16/h5-12H,4,13H2,1-3H3,(H,23,29). The number of rotatable bonds is 8. The maximum Gasteiger partial charge on any atom is 0.296 e. The number of benzene rings is 2. The van der Waals surface area contributed by atoms with Gasteiger partial charge in [0.15, 0.2) is 5.16 Å². The summed E-state index contributed by atoms with van der Waals surface area (Å²) in [7, 11) is 1.61. The summed E-state index contributed by atoms with van der Waals surface area (Å²) < 4.78 is 12.4. The predicted molar refractivity (Wildman–Crippen MR) is 122 cm³/mol. The van der Waals surface area contributed by atoms with E-state index in [-0.39, 0.29) is 17.6 Å². The van der Waals surface area contributed by atoms with E-state index in [1.165, 1.54) is 11.8 Å². The molecular weight excluding hydrogens is 428 g/mol. The Bertz CT molecular complexity index is 1220. The highest BCUT2D eigenvalue weighted by atomic mass is 32.2. The Morgan fingerprint density at radius 1 is 1.19 bits per heavy atom. The van der Waals surface area contributed by atoms with Crippen molar-refractivity contribution in [2.24, 2.45) is 0 Å². The molecular formula is C22H22N6O3S. The molecule has 164 valence electrons. The molecule has 0 radical (unpaired) electrons. The Morgan fingerprint density at radius 2 is 2.00 bits per heavy atom. The molecule has 0 bridgehead atoms. The lowest BCUT2D eigenvalue weighted by molar-refractivity contribution is -0.113. The van der Waals surface area contributed by atoms with Crippen molar-refractivity contribution in [1.82, 2.24) is 24.9 Å². The smallest absolute Gasteiger partial charge is 0.296 e. The Labute approximate surface area is 189 Å². The number of hydrogen-bond acceptors (Lipinski definition) is 8. The molecule has 0 atom stereocenters. The van der Waals surface area contributed by atoms with Crippen LogP contribution in [-0.2, 0) is 11.3 Å². The van der Waals surface area contributed by atoms with E-state index >= 15 is 0 Å². The first-order chi connectivity index (χ1) is 15.6. The lowest BCUT2D eigenvalue weighted by Gasteiger charge is -2.07. The van der Waals surface area contributed by atoms with Gasteiger partial charge in [-0.3, -0.25) is 9.36 Å². The number of ether oxygens (including phenoxy) is 1. The van der Waals surface area contributed by atoms with Gasteiger partial charge in [-0.05, 0) is 55.8 Å². The molecule has 1 N–H and O–H groups in total. The summed E-state index contributed by atoms with van der Waals surface area (Å²) in [4.78, 5) is 16.8. The van der Waals surface area contributed by atoms with Crippen molar-refractivity contribution in [3.8, 4) is 28.9 Å². The molecule has 2 aromatic carbocycles. The SMILES string of the molecule is CCn1c(SCC(=O)Nc2cccc(C)c2)nnc1-c1nc(-c2ccc(OC)cc2)no1. The lowest BCUT2D eigenvalue weighted by atomic mass is 10.2. The van der Waals surface area contributed by atoms with E-state index in [1.807, 2.05) is 66.9 Å². The quantitative estimate of drug-likeness (QED) is 0.400. The number of amides is 1. The third-order valence-electron chi connectivity index (χ3n) is 4.63. The van der Waals surface area contributed by atoms with Gasteiger partial charge < -0.3 is 14.6 Å². The first-order valence-corrected chi connectivity index (χ1v) is 11.0. The molecule has 0 fully saturated rings. The average molecular weight is 451 g/mol. The summed E-state index contributed by atoms with van der Waals surface area (Å²) in [6.07, 6.45) is 0. The molecule has 0 aliphatic carbocycles. The summed E-state index contributed by atoms with van der Waals surface area (Å²) in [5.41, 5.74) is 2.65. The minimum atomic E-state index is -0.118. The van der Waals surface area contributed by atoms with Gasteiger partial charge in [0, 0.05) is 17.8 Å². The summed E-state index contributed by atoms with van der Waals surface area (Å²) in [6, 6.07) is 15.0. The number of nitrogens with one attached hydrogen (secondary N) is 1. The highest BCUT2D eigenvalue weighted by molar-refractivity contribution is 7.99. The van der Waals surface area contributed by atoms with E-state index in [0.29, 0.717) is 23.4 Å². The number of hydrogen-bond donors (Lipinski definition) is 1. The second kappa shape index (κ2) is 9.65. The Morgan fingerprint density at radius 3 is 2.72 bits per heavy atom. The fourth-order valence-electron chi connectivity index (χ4n) is 3.06. The predicted octanol–water partition coefficient (Wildman–Crippen LogP) is 4.06. The van der Waals surface area contributed by atoms with Gasteiger partial charge >= 0.3 is 0 Å². The second-order valence-corrected chi connectivity index (χ2v) is 7.85. The van der Waals surface area contributed by atoms with Crippen molar-refractivity contribution in [3.63, 3.8) is 0 Å². The molecule has 0 saturated carbocycles. The Balaban J connectivity index is 1.46. The van der Waals surface area contributed by atoms with Crippen LogP contribution in [0.15, 0.2) is 58.2 Å². The largest absolute Gasteiger partial charge is 0.497 e. The van der Waals surface area contributed by atoms with Gasteiger partial charge in [-0.1, -0.05) is 29.1 Å². The van der Waals surface area contributed by atoms with Crippen LogP contribution >= 0.6 is 11.8 Å². The summed E-state index contributed by atoms with van der Waals surface area (Å²) in [5.74, 6) is 2.00. The molecule has 1 amide bonds. The van der Waals surface area contributed by atoms with Crippen LogP contribution in [0.5, 0.6) is 5.75 Å². The van der Waals surface area contributed by atoms with Gasteiger partial charge in [0.05, 0.1) is 12.9 Å². The maximum absolute atomic E-state index is 12.3. The number of carbonyl (C=O) groups is 1. The molecule has 10 heteroatoms. The topological polar surface area (TPSA) is 108 Å². The highest BCUT2D eigenvalue weighted by Crippen LogP contribution is 2.26. The molecule has 0 unspecified atom stereocenters. The van der Waals surface area contributed by atoms with Crippen molar-refractivity contribution in [2.75, 3.05) is 18.2 Å². The highest BCUT2D eigenvalue weighted by Gasteiger charge is 2.20. The molecule has 0 saturated heterocycles. The molecule has 4 aromatic rings. The van der Waals surface area contributed by atoms with Crippen LogP contribution in [0.1, 0.15) is 12.5 Å². The Kier molecular flexibility index (Phi) is 6.50. The molecule has 2 aromatic heterocycles. The fraction of sp³-hybridized carbons (Fsp3) is 0.227. The van der Waals surface area contributed by atoms with Gasteiger partial charge in [0.2, 0.25) is 17.6 Å². The van der Waals surface area contributed by atoms with Crippen LogP contribution in [0.4, 0.5) is 5.69 Å². The number of methoxy groups -OCH3 is 1. The molecule has 2 heterocycles. The van der Waals surface area contributed by atoms with Crippen LogP contribution in [0, 0.1) is 6.92 Å². The summed E-state index contributed by atoms with van der Waals surface area (Å²) in [6.45, 7) is 4.53. The maximum atomic E-state index is 12.3. The number of nitrogens with zero attached hydrogens (tertiary/aromatic N) is 5. The zero-order chi connectivity index (χ0) is 22.5. The van der Waals surface area contributed by atoms with Gasteiger partial charge in [-0.25, -0.2) is 0 Å². The summed E-state index contributed by atoms with van der Waals surface area (Å²) in [5, 5.41) is 16.0. The first-order valence-electron chi connectivity index (χ1n) is 9.98. The Hall–Kier alpha value is -3.66. The van der Waals surface area contributed by atoms with Crippen LogP contribution in [0.25, 0.3) is 23.1 Å². The van der Waals surface area contributed by atoms with E-state index in [0.717, 1.165) is 22.6 Å². The number of thioether (sulfide) groups is 1. The fourth-order valence-corrected chi connectivity index (χ4v) is 3.86. The van der Waals surface area contributed by atoms with Crippen molar-refractivity contribution >= 4 is 23.4 Å². The van der Waals surface area contributed by atoms with Gasteiger partial charge in [0.25, 0.3) is 5.89 Å². The number of aryl methyl sites for hydroxylation is 1. The molecule has 9 nitrogen and oxygen atoms in total. The number of aromatic nitrogens is 5. The lowest BCUT2D eigenvalue weighted by Crippen LogP contribution is -2.14. The summed E-state index contributed by atoms with van der Waals surface area (Å²) >= 11 is 1.30. The van der Waals surface area contributed by atoms with Crippen molar-refractivity contribution in [1.29, 1.82) is 0 Å². The normalized spacial score (nSPS) is 10.8. The van der Waals surface area contributed by atoms with Crippen LogP contribution in [0.2, 0.25) is 0 Å². The average Bonchev–Trinajstić information content (AvgIpc) is 3.44. The van der Waals surface area contributed by atoms with Gasteiger partial charge in [0.1, 0.15) is 5.75 Å². The number of anilines is 1. The zero-order valence-electron chi connectivity index (χ0n) is 17.9. The first kappa shape index (κ1) is 21.6. The number of carbonyl (C=O) groups excluding carboxylic acids is 1. The van der Waals surface area contributed by atoms with E-state index < -0.39 is 0 Å². The minimum Gasteiger partial charge on any atom is -0.497 e. The van der Waals surface area contributed by atoms with E-state index in [2.05, 4.69) is 25.7 Å². The van der Waals surface area contributed by atoms with Crippen molar-refractivity contribution < 1.29 is 14.1 Å². The molecule has 0 aliphatic heterocycles. The monoisotopic (exact) mass is 450 g/mol. The van der Waals surface area contributed by atoms with Crippen molar-refractivity contribution in [3.05, 3.63) is 54.1 Å². The van der Waals surface area contributed by atoms with Crippen LogP contribution in [-0.4, -0.2) is 43.7 Å². The third kappa shape index (κ3) is 4.80. The molecule has 0 spiro atoms. The van der Waals surface area contributed by atoms with E-state index in [4.69, 9.17) is 9.26 Å². The second-order valence-electron chi connectivity index (χ2n) is 6.91. The van der Waals surface area contributed by atoms with Crippen molar-refractivity contribution in [2.45, 2.75) is 25.5 Å². The van der Waals surface area contributed by atoms with Crippen LogP contribution < -0.4 is 10.1 Å². The molecule has 4 rings (SSSR count).